The molecule has 2 aromatic heterocycles. The molecule has 3 rings (SSSR count). The third kappa shape index (κ3) is 2.76. The fraction of sp³-hybridized carbons (Fsp3) is 0.214. The van der Waals surface area contributed by atoms with Crippen LogP contribution in [0.4, 0.5) is 0 Å². The van der Waals surface area contributed by atoms with Gasteiger partial charge in [0.2, 0.25) is 0 Å². The van der Waals surface area contributed by atoms with Crippen LogP contribution in [-0.2, 0) is 17.8 Å². The van der Waals surface area contributed by atoms with Gasteiger partial charge in [-0.05, 0) is 6.07 Å². The number of hydrogen-bond donors (Lipinski definition) is 1. The van der Waals surface area contributed by atoms with Crippen molar-refractivity contribution in [3.05, 3.63) is 52.2 Å². The topological polar surface area (TPSA) is 112 Å². The van der Waals surface area contributed by atoms with E-state index in [1.807, 2.05) is 18.2 Å². The number of carboxylic acid groups (broad SMARTS) is 1. The van der Waals surface area contributed by atoms with E-state index in [0.717, 1.165) is 10.1 Å². The molecule has 1 N–H and O–H groups in total. The summed E-state index contributed by atoms with van der Waals surface area (Å²) in [5.74, 6) is -0.435. The first-order chi connectivity index (χ1) is 11.1. The van der Waals surface area contributed by atoms with Gasteiger partial charge in [0, 0.05) is 12.0 Å². The van der Waals surface area contributed by atoms with E-state index in [1.54, 1.807) is 6.07 Å². The normalized spacial score (nSPS) is 10.8. The second kappa shape index (κ2) is 5.87. The number of methoxy groups -OCH3 is 1. The highest BCUT2D eigenvalue weighted by atomic mass is 16.5. The molecule has 0 saturated carbocycles. The Morgan fingerprint density at radius 2 is 2.13 bits per heavy atom. The second-order valence-electron chi connectivity index (χ2n) is 4.80. The average molecular weight is 315 g/mol. The highest BCUT2D eigenvalue weighted by molar-refractivity contribution is 5.67. The number of carboxylic acids is 1. The lowest BCUT2D eigenvalue weighted by Gasteiger charge is -2.09. The molecule has 0 radical (unpaired) electrons. The Morgan fingerprint density at radius 3 is 2.87 bits per heavy atom. The SMILES string of the molecule is COc1ccccc1Cc1nn2cnnc2n(CC(=O)O)c1=O. The van der Waals surface area contributed by atoms with Crippen molar-refractivity contribution in [3.63, 3.8) is 0 Å². The zero-order chi connectivity index (χ0) is 16.4. The average Bonchev–Trinajstić information content (AvgIpc) is 2.99. The van der Waals surface area contributed by atoms with Crippen molar-refractivity contribution in [2.75, 3.05) is 7.11 Å². The highest BCUT2D eigenvalue weighted by Gasteiger charge is 2.16. The van der Waals surface area contributed by atoms with Gasteiger partial charge >= 0.3 is 5.97 Å². The van der Waals surface area contributed by atoms with Gasteiger partial charge in [-0.3, -0.25) is 14.2 Å². The summed E-state index contributed by atoms with van der Waals surface area (Å²) in [6.07, 6.45) is 1.52. The monoisotopic (exact) mass is 315 g/mol. The van der Waals surface area contributed by atoms with Gasteiger partial charge < -0.3 is 9.84 Å². The predicted molar refractivity (Wildman–Crippen MR) is 78.5 cm³/mol. The van der Waals surface area contributed by atoms with E-state index in [2.05, 4.69) is 15.3 Å². The first kappa shape index (κ1) is 14.7. The quantitative estimate of drug-likeness (QED) is 0.703. The fourth-order valence-electron chi connectivity index (χ4n) is 2.31. The molecule has 118 valence electrons. The fourth-order valence-corrected chi connectivity index (χ4v) is 2.31. The standard InChI is InChI=1S/C14H13N5O4/c1-23-11-5-3-2-4-9(11)6-10-13(22)18(7-12(20)21)14-16-15-8-19(14)17-10/h2-5,8H,6-7H2,1H3,(H,20,21). The van der Waals surface area contributed by atoms with E-state index in [4.69, 9.17) is 9.84 Å². The van der Waals surface area contributed by atoms with E-state index < -0.39 is 18.1 Å². The van der Waals surface area contributed by atoms with Crippen LogP contribution in [0.2, 0.25) is 0 Å². The van der Waals surface area contributed by atoms with Crippen molar-refractivity contribution in [2.45, 2.75) is 13.0 Å². The highest BCUT2D eigenvalue weighted by Crippen LogP contribution is 2.19. The largest absolute Gasteiger partial charge is 0.496 e. The number of carbonyl (C=O) groups is 1. The molecule has 3 aromatic rings. The second-order valence-corrected chi connectivity index (χ2v) is 4.80. The van der Waals surface area contributed by atoms with Gasteiger partial charge in [0.05, 0.1) is 7.11 Å². The number of ether oxygens (including phenoxy) is 1. The molecule has 23 heavy (non-hydrogen) atoms. The molecule has 9 heteroatoms. The van der Waals surface area contributed by atoms with Gasteiger partial charge in [0.1, 0.15) is 24.3 Å². The summed E-state index contributed by atoms with van der Waals surface area (Å²) >= 11 is 0. The number of benzene rings is 1. The maximum absolute atomic E-state index is 12.5. The Kier molecular flexibility index (Phi) is 3.75. The lowest BCUT2D eigenvalue weighted by Crippen LogP contribution is -2.31. The van der Waals surface area contributed by atoms with E-state index in [1.165, 1.54) is 18.0 Å². The van der Waals surface area contributed by atoms with Gasteiger partial charge in [0.15, 0.2) is 0 Å². The van der Waals surface area contributed by atoms with E-state index in [-0.39, 0.29) is 17.9 Å². The summed E-state index contributed by atoms with van der Waals surface area (Å²) in [7, 11) is 1.54. The van der Waals surface area contributed by atoms with E-state index >= 15 is 0 Å². The molecule has 0 spiro atoms. The zero-order valence-corrected chi connectivity index (χ0v) is 12.2. The Balaban J connectivity index is 2.12. The predicted octanol–water partition coefficient (Wildman–Crippen LogP) is -0.0300. The summed E-state index contributed by atoms with van der Waals surface area (Å²) in [4.78, 5) is 23.5. The molecule has 0 aliphatic heterocycles. The summed E-state index contributed by atoms with van der Waals surface area (Å²) in [6.45, 7) is -0.511. The smallest absolute Gasteiger partial charge is 0.323 e. The van der Waals surface area contributed by atoms with Crippen molar-refractivity contribution in [1.29, 1.82) is 0 Å². The van der Waals surface area contributed by atoms with Gasteiger partial charge in [-0.25, -0.2) is 0 Å². The maximum Gasteiger partial charge on any atom is 0.323 e. The van der Waals surface area contributed by atoms with Crippen LogP contribution >= 0.6 is 0 Å². The van der Waals surface area contributed by atoms with Crippen LogP contribution in [0.1, 0.15) is 11.3 Å². The van der Waals surface area contributed by atoms with Crippen molar-refractivity contribution < 1.29 is 14.6 Å². The number of aromatic nitrogens is 5. The molecular weight excluding hydrogens is 302 g/mol. The maximum atomic E-state index is 12.5. The Hall–Kier alpha value is -3.23. The Labute approximate surface area is 129 Å². The first-order valence-electron chi connectivity index (χ1n) is 6.73. The molecule has 0 aliphatic rings. The van der Waals surface area contributed by atoms with Crippen LogP contribution in [0.25, 0.3) is 5.78 Å². The molecule has 0 bridgehead atoms. The molecule has 0 atom stereocenters. The van der Waals surface area contributed by atoms with Gasteiger partial charge in [-0.1, -0.05) is 18.2 Å². The van der Waals surface area contributed by atoms with Crippen LogP contribution < -0.4 is 10.3 Å². The number of nitrogens with zero attached hydrogens (tertiary/aromatic N) is 5. The minimum atomic E-state index is -1.15. The summed E-state index contributed by atoms with van der Waals surface area (Å²) in [6, 6.07) is 7.24. The molecule has 1 aromatic carbocycles. The third-order valence-corrected chi connectivity index (χ3v) is 3.32. The first-order valence-corrected chi connectivity index (χ1v) is 6.73. The summed E-state index contributed by atoms with van der Waals surface area (Å²) < 4.78 is 7.58. The number of fused-ring (bicyclic) bond motifs is 1. The molecule has 0 amide bonds. The van der Waals surface area contributed by atoms with Gasteiger partial charge in [-0.2, -0.15) is 9.61 Å². The molecular formula is C14H13N5O4. The van der Waals surface area contributed by atoms with Gasteiger partial charge in [-0.15, -0.1) is 10.2 Å². The Bertz CT molecular complexity index is 930. The third-order valence-electron chi connectivity index (χ3n) is 3.32. The van der Waals surface area contributed by atoms with Crippen LogP contribution in [-0.4, -0.2) is 42.6 Å². The minimum absolute atomic E-state index is 0.0844. The van der Waals surface area contributed by atoms with Crippen LogP contribution in [0.3, 0.4) is 0 Å². The minimum Gasteiger partial charge on any atom is -0.496 e. The Morgan fingerprint density at radius 1 is 1.35 bits per heavy atom. The molecule has 0 saturated heterocycles. The summed E-state index contributed by atoms with van der Waals surface area (Å²) in [5.41, 5.74) is 0.441. The number of hydrogen-bond acceptors (Lipinski definition) is 6. The molecule has 0 fully saturated rings. The van der Waals surface area contributed by atoms with Crippen LogP contribution in [0.5, 0.6) is 5.75 Å². The number of rotatable bonds is 5. The van der Waals surface area contributed by atoms with Crippen LogP contribution in [0.15, 0.2) is 35.4 Å². The summed E-state index contributed by atoms with van der Waals surface area (Å²) in [5, 5.41) is 20.6. The zero-order valence-electron chi connectivity index (χ0n) is 12.2. The molecule has 0 aliphatic carbocycles. The van der Waals surface area contributed by atoms with E-state index in [0.29, 0.717) is 5.75 Å². The molecule has 9 nitrogen and oxygen atoms in total. The molecule has 2 heterocycles. The van der Waals surface area contributed by atoms with Crippen molar-refractivity contribution in [2.24, 2.45) is 0 Å². The number of para-hydroxylation sites is 1. The number of aliphatic carboxylic acids is 1. The molecule has 0 unspecified atom stereocenters. The van der Waals surface area contributed by atoms with E-state index in [9.17, 15) is 9.59 Å². The lowest BCUT2D eigenvalue weighted by molar-refractivity contribution is -0.137. The van der Waals surface area contributed by atoms with Gasteiger partial charge in [0.25, 0.3) is 11.3 Å². The van der Waals surface area contributed by atoms with Crippen molar-refractivity contribution in [3.8, 4) is 5.75 Å². The lowest BCUT2D eigenvalue weighted by atomic mass is 10.1. The van der Waals surface area contributed by atoms with Crippen LogP contribution in [0, 0.1) is 0 Å². The van der Waals surface area contributed by atoms with Crippen molar-refractivity contribution in [1.82, 2.24) is 24.4 Å². The van der Waals surface area contributed by atoms with Crippen molar-refractivity contribution >= 4 is 11.7 Å².